The van der Waals surface area contributed by atoms with E-state index < -0.39 is 28.7 Å². The average molecular weight is 436 g/mol. The quantitative estimate of drug-likeness (QED) is 0.375. The molecule has 3 nitrogen and oxygen atoms in total. The summed E-state index contributed by atoms with van der Waals surface area (Å²) in [6, 6.07) is 13.2. The number of aryl methyl sites for hydroxylation is 1. The van der Waals surface area contributed by atoms with Crippen molar-refractivity contribution in [2.75, 3.05) is 0 Å². The maximum Gasteiger partial charge on any atom is 0.325 e. The predicted octanol–water partition coefficient (Wildman–Crippen LogP) is 6.30. The first kappa shape index (κ1) is 24.4. The fourth-order valence-corrected chi connectivity index (χ4v) is 4.24. The number of Topliss-reactive ketones (excluding diaryl/α,β-unsaturated/α-hetero) is 1. The first-order valence-corrected chi connectivity index (χ1v) is 11.7. The minimum atomic E-state index is -3.66. The molecule has 0 heterocycles. The Bertz CT molecular complexity index is 810. The van der Waals surface area contributed by atoms with Crippen molar-refractivity contribution >= 4 is 16.8 Å². The number of ketones is 1. The molecule has 6 heteroatoms. The van der Waals surface area contributed by atoms with Crippen molar-refractivity contribution in [1.29, 1.82) is 0 Å². The molecule has 30 heavy (non-hydrogen) atoms. The third-order valence-corrected chi connectivity index (χ3v) is 6.23. The summed E-state index contributed by atoms with van der Waals surface area (Å²) in [6.45, 7) is 4.00. The number of nitrogens with one attached hydrogen (secondary N) is 1. The summed E-state index contributed by atoms with van der Waals surface area (Å²) in [5, 5.41) is 0. The molecule has 2 unspecified atom stereocenters. The Labute approximate surface area is 180 Å². The number of halogens is 2. The number of carbonyl (C=O) groups excluding carboxylic acids is 1. The van der Waals surface area contributed by atoms with E-state index in [1.165, 1.54) is 12.1 Å². The van der Waals surface area contributed by atoms with E-state index in [1.54, 1.807) is 42.5 Å². The monoisotopic (exact) mass is 435 g/mol. The Hall–Kier alpha value is -1.92. The third-order valence-electron chi connectivity index (χ3n) is 5.08. The van der Waals surface area contributed by atoms with Crippen LogP contribution in [0.15, 0.2) is 59.5 Å². The number of carbonyl (C=O) groups is 1. The fraction of sp³-hybridized carbons (Fsp3) is 0.458. The van der Waals surface area contributed by atoms with Crippen LogP contribution in [-0.2, 0) is 15.8 Å². The molecule has 0 spiro atoms. The van der Waals surface area contributed by atoms with Crippen LogP contribution < -0.4 is 4.72 Å². The van der Waals surface area contributed by atoms with Gasteiger partial charge in [0.2, 0.25) is 5.78 Å². The lowest BCUT2D eigenvalue weighted by Gasteiger charge is -2.27. The average Bonchev–Trinajstić information content (AvgIpc) is 2.75. The number of benzene rings is 2. The molecule has 0 aliphatic heterocycles. The molecule has 0 aromatic heterocycles. The number of alkyl halides is 2. The van der Waals surface area contributed by atoms with Gasteiger partial charge in [0.05, 0.1) is 4.90 Å². The molecular weight excluding hydrogens is 404 g/mol. The Morgan fingerprint density at radius 1 is 0.967 bits per heavy atom. The van der Waals surface area contributed by atoms with Gasteiger partial charge < -0.3 is 0 Å². The Balaban J connectivity index is 2.12. The van der Waals surface area contributed by atoms with Crippen LogP contribution in [0.3, 0.4) is 0 Å². The van der Waals surface area contributed by atoms with Gasteiger partial charge in [-0.3, -0.25) is 4.79 Å². The van der Waals surface area contributed by atoms with E-state index in [1.807, 2.05) is 6.92 Å². The zero-order valence-electron chi connectivity index (χ0n) is 17.7. The molecule has 0 aliphatic rings. The van der Waals surface area contributed by atoms with E-state index in [0.29, 0.717) is 11.3 Å². The van der Waals surface area contributed by atoms with Gasteiger partial charge in [-0.25, -0.2) is 8.93 Å². The largest absolute Gasteiger partial charge is 0.325 e. The number of hydrogen-bond donors (Lipinski definition) is 1. The van der Waals surface area contributed by atoms with Crippen molar-refractivity contribution < 1.29 is 17.8 Å². The normalized spacial score (nSPS) is 13.7. The van der Waals surface area contributed by atoms with Crippen LogP contribution in [0.5, 0.6) is 0 Å². The van der Waals surface area contributed by atoms with Gasteiger partial charge in [0.25, 0.3) is 0 Å². The van der Waals surface area contributed by atoms with Crippen molar-refractivity contribution in [3.05, 3.63) is 65.7 Å². The summed E-state index contributed by atoms with van der Waals surface area (Å²) in [5.41, 5.74) is 1.22. The molecule has 1 N–H and O–H groups in total. The van der Waals surface area contributed by atoms with Gasteiger partial charge in [-0.2, -0.15) is 8.78 Å². The second-order valence-electron chi connectivity index (χ2n) is 7.61. The molecule has 0 amide bonds. The molecule has 2 atom stereocenters. The highest BCUT2D eigenvalue weighted by molar-refractivity contribution is 7.83. The summed E-state index contributed by atoms with van der Waals surface area (Å²) in [5.74, 6) is -4.77. The van der Waals surface area contributed by atoms with Gasteiger partial charge in [0.1, 0.15) is 17.0 Å². The van der Waals surface area contributed by atoms with E-state index in [0.717, 1.165) is 37.7 Å². The van der Waals surface area contributed by atoms with Crippen LogP contribution in [0.1, 0.15) is 69.0 Å². The smallest absolute Gasteiger partial charge is 0.293 e. The summed E-state index contributed by atoms with van der Waals surface area (Å²) in [7, 11) is -1.88. The first-order valence-electron chi connectivity index (χ1n) is 10.6. The van der Waals surface area contributed by atoms with Gasteiger partial charge in [-0.1, -0.05) is 87.1 Å². The van der Waals surface area contributed by atoms with Gasteiger partial charge >= 0.3 is 5.92 Å². The highest BCUT2D eigenvalue weighted by atomic mass is 32.2. The zero-order valence-corrected chi connectivity index (χ0v) is 18.5. The first-order chi connectivity index (χ1) is 14.4. The van der Waals surface area contributed by atoms with Crippen molar-refractivity contribution in [3.8, 4) is 0 Å². The lowest BCUT2D eigenvalue weighted by Crippen LogP contribution is -2.44. The molecule has 2 rings (SSSR count). The zero-order chi connectivity index (χ0) is 22.0. The molecule has 0 saturated carbocycles. The van der Waals surface area contributed by atoms with Crippen molar-refractivity contribution in [2.24, 2.45) is 0 Å². The van der Waals surface area contributed by atoms with Crippen molar-refractivity contribution in [3.63, 3.8) is 0 Å². The Morgan fingerprint density at radius 2 is 1.57 bits per heavy atom. The summed E-state index contributed by atoms with van der Waals surface area (Å²) >= 11 is 0. The summed E-state index contributed by atoms with van der Waals surface area (Å²) < 4.78 is 45.6. The third kappa shape index (κ3) is 7.10. The highest BCUT2D eigenvalue weighted by Crippen LogP contribution is 2.34. The van der Waals surface area contributed by atoms with Crippen LogP contribution in [-0.4, -0.2) is 15.9 Å². The fourth-order valence-electron chi connectivity index (χ4n) is 3.23. The summed E-state index contributed by atoms with van der Waals surface area (Å²) in [4.78, 5) is 12.8. The van der Waals surface area contributed by atoms with Crippen LogP contribution >= 0.6 is 0 Å². The maximum atomic E-state index is 15.2. The van der Waals surface area contributed by atoms with Crippen LogP contribution in [0, 0.1) is 6.92 Å². The van der Waals surface area contributed by atoms with E-state index in [9.17, 15) is 9.00 Å². The van der Waals surface area contributed by atoms with Crippen molar-refractivity contribution in [1.82, 2.24) is 4.72 Å². The molecular formula is C24H31F2NO2S. The topological polar surface area (TPSA) is 46.2 Å². The molecule has 2 aromatic rings. The lowest BCUT2D eigenvalue weighted by molar-refractivity contribution is -0.147. The van der Waals surface area contributed by atoms with Gasteiger partial charge in [-0.05, 0) is 31.0 Å². The molecule has 0 fully saturated rings. The van der Waals surface area contributed by atoms with Crippen LogP contribution in [0.4, 0.5) is 8.78 Å². The van der Waals surface area contributed by atoms with Gasteiger partial charge in [-0.15, -0.1) is 0 Å². The number of rotatable bonds is 13. The van der Waals surface area contributed by atoms with E-state index in [4.69, 9.17) is 0 Å². The van der Waals surface area contributed by atoms with E-state index >= 15 is 8.78 Å². The minimum absolute atomic E-state index is 0.179. The van der Waals surface area contributed by atoms with Gasteiger partial charge in [0.15, 0.2) is 0 Å². The molecule has 2 aromatic carbocycles. The van der Waals surface area contributed by atoms with E-state index in [2.05, 4.69) is 11.6 Å². The maximum absolute atomic E-state index is 15.2. The minimum Gasteiger partial charge on any atom is -0.293 e. The lowest BCUT2D eigenvalue weighted by atomic mass is 9.95. The second-order valence-corrected chi connectivity index (χ2v) is 8.85. The molecule has 0 bridgehead atoms. The molecule has 0 saturated heterocycles. The Kier molecular flexibility index (Phi) is 9.79. The second kappa shape index (κ2) is 12.1. The highest BCUT2D eigenvalue weighted by Gasteiger charge is 2.47. The summed E-state index contributed by atoms with van der Waals surface area (Å²) in [6.07, 6.45) is 5.27. The predicted molar refractivity (Wildman–Crippen MR) is 118 cm³/mol. The molecule has 0 radical (unpaired) electrons. The van der Waals surface area contributed by atoms with E-state index in [-0.39, 0.29) is 12.0 Å². The van der Waals surface area contributed by atoms with Gasteiger partial charge in [0, 0.05) is 6.42 Å². The molecule has 0 aliphatic carbocycles. The Morgan fingerprint density at radius 3 is 2.20 bits per heavy atom. The number of unbranched alkanes of at least 4 members (excludes halogenated alkanes) is 5. The standard InChI is InChI=1S/C24H31F2NO2S/c1-3-4-5-6-7-11-14-22(28)24(25,26)23(20-12-9-8-10-13-20)27-30(29)21-17-15-19(2)16-18-21/h8-10,12-13,15-18,23,27H,3-7,11,14H2,1-2H3. The molecule has 164 valence electrons. The van der Waals surface area contributed by atoms with Crippen molar-refractivity contribution in [2.45, 2.75) is 75.7 Å². The van der Waals surface area contributed by atoms with Crippen LogP contribution in [0.2, 0.25) is 0 Å². The SMILES string of the molecule is CCCCCCCCC(=O)C(F)(F)C(NS(=O)c1ccc(C)cc1)c1ccccc1. The number of hydrogen-bond acceptors (Lipinski definition) is 2. The van der Waals surface area contributed by atoms with Crippen LogP contribution in [0.25, 0.3) is 0 Å².